The van der Waals surface area contributed by atoms with E-state index in [9.17, 15) is 2.74 Å². The number of hydrogen-bond donors (Lipinski definition) is 0. The van der Waals surface area contributed by atoms with Crippen molar-refractivity contribution in [3.05, 3.63) is 206 Å². The Bertz CT molecular complexity index is 4150. The Hall–Kier alpha value is -8.19. The minimum Gasteiger partial charge on any atom is -0.455 e. The van der Waals surface area contributed by atoms with Crippen LogP contribution in [0.3, 0.4) is 0 Å². The number of rotatable bonds is 6. The number of hydrogen-bond acceptors (Lipinski definition) is 5. The summed E-state index contributed by atoms with van der Waals surface area (Å²) in [7, 11) is 0. The van der Waals surface area contributed by atoms with Gasteiger partial charge in [0.1, 0.15) is 11.2 Å². The molecule has 294 valence electrons. The molecule has 4 aromatic heterocycles. The van der Waals surface area contributed by atoms with Gasteiger partial charge in [0.25, 0.3) is 0 Å². The average Bonchev–Trinajstić information content (AvgIpc) is 4.08. The Labute approximate surface area is 374 Å². The van der Waals surface area contributed by atoms with Gasteiger partial charge in [-0.15, -0.1) is 11.3 Å². The molecule has 0 radical (unpaired) electrons. The van der Waals surface area contributed by atoms with E-state index in [0.717, 1.165) is 75.5 Å². The molecular formula is C57H34N4OS. The van der Waals surface area contributed by atoms with E-state index >= 15 is 0 Å². The fourth-order valence-corrected chi connectivity index (χ4v) is 10.1. The van der Waals surface area contributed by atoms with Crippen molar-refractivity contribution in [1.82, 2.24) is 19.5 Å². The quantitative estimate of drug-likeness (QED) is 0.168. The molecule has 5 nitrogen and oxygen atoms in total. The third-order valence-electron chi connectivity index (χ3n) is 11.8. The molecule has 6 heteroatoms. The maximum absolute atomic E-state index is 9.25. The molecular weight excluding hydrogens is 789 g/mol. The molecule has 13 aromatic rings. The SMILES string of the molecule is [2H]c1cc([2H])c2c(c1[2H])c1c([2H])c([2H])cc([2H])c1n2-c1ccc(-c2ccc3sc4c(-c5nc(-c6ccccc6)nc(-c6ccccc6)n5)cccc4c3c2)cc1-c1cccc2c1oc1ccccc12. The van der Waals surface area contributed by atoms with E-state index in [0.29, 0.717) is 28.7 Å². The number of nitrogens with zero attached hydrogens (tertiary/aromatic N) is 4. The Balaban J connectivity index is 1.04. The highest BCUT2D eigenvalue weighted by Gasteiger charge is 2.21. The van der Waals surface area contributed by atoms with Crippen LogP contribution in [0, 0.1) is 0 Å². The predicted molar refractivity (Wildman–Crippen MR) is 262 cm³/mol. The van der Waals surface area contributed by atoms with E-state index in [-0.39, 0.29) is 58.1 Å². The lowest BCUT2D eigenvalue weighted by molar-refractivity contribution is 0.670. The first-order valence-corrected chi connectivity index (χ1v) is 21.4. The largest absolute Gasteiger partial charge is 0.455 e. The van der Waals surface area contributed by atoms with Crippen molar-refractivity contribution in [2.75, 3.05) is 0 Å². The van der Waals surface area contributed by atoms with Crippen LogP contribution >= 0.6 is 11.3 Å². The second-order valence-corrected chi connectivity index (χ2v) is 16.5. The van der Waals surface area contributed by atoms with Crippen molar-refractivity contribution >= 4 is 75.3 Å². The maximum atomic E-state index is 9.25. The second-order valence-electron chi connectivity index (χ2n) is 15.4. The third kappa shape index (κ3) is 5.73. The van der Waals surface area contributed by atoms with Crippen LogP contribution in [0.4, 0.5) is 0 Å². The van der Waals surface area contributed by atoms with Gasteiger partial charge in [0.05, 0.1) is 24.9 Å². The van der Waals surface area contributed by atoms with Crippen molar-refractivity contribution in [1.29, 1.82) is 0 Å². The topological polar surface area (TPSA) is 56.7 Å². The number of fused-ring (bicyclic) bond motifs is 9. The van der Waals surface area contributed by atoms with Crippen LogP contribution in [0.15, 0.2) is 211 Å². The highest BCUT2D eigenvalue weighted by molar-refractivity contribution is 7.26. The minimum atomic E-state index is -0.166. The number of para-hydroxylation sites is 4. The summed E-state index contributed by atoms with van der Waals surface area (Å²) < 4.78 is 64.4. The van der Waals surface area contributed by atoms with Gasteiger partial charge in [0.15, 0.2) is 17.5 Å². The summed E-state index contributed by atoms with van der Waals surface area (Å²) in [6, 6.07) is 54.7. The van der Waals surface area contributed by atoms with Crippen LogP contribution in [-0.4, -0.2) is 19.5 Å². The van der Waals surface area contributed by atoms with Gasteiger partial charge in [0.2, 0.25) is 0 Å². The highest BCUT2D eigenvalue weighted by atomic mass is 32.1. The minimum absolute atomic E-state index is 0.0246. The molecule has 4 heterocycles. The van der Waals surface area contributed by atoms with Gasteiger partial charge >= 0.3 is 0 Å². The molecule has 0 bridgehead atoms. The highest BCUT2D eigenvalue weighted by Crippen LogP contribution is 2.45. The third-order valence-corrected chi connectivity index (χ3v) is 13.0. The maximum Gasteiger partial charge on any atom is 0.165 e. The normalized spacial score (nSPS) is 13.1. The van der Waals surface area contributed by atoms with E-state index in [4.69, 9.17) is 24.9 Å². The molecule has 9 aromatic carbocycles. The van der Waals surface area contributed by atoms with Crippen molar-refractivity contribution in [3.63, 3.8) is 0 Å². The Morgan fingerprint density at radius 2 is 1.03 bits per heavy atom. The van der Waals surface area contributed by atoms with Crippen LogP contribution in [0.25, 0.3) is 126 Å². The summed E-state index contributed by atoms with van der Waals surface area (Å²) in [5.74, 6) is 1.78. The van der Waals surface area contributed by atoms with Gasteiger partial charge < -0.3 is 8.98 Å². The summed E-state index contributed by atoms with van der Waals surface area (Å²) in [6.07, 6.45) is 0. The van der Waals surface area contributed by atoms with Crippen molar-refractivity contribution < 1.29 is 12.6 Å². The molecule has 0 aliphatic heterocycles. The zero-order chi connectivity index (χ0) is 46.7. The summed E-state index contributed by atoms with van der Waals surface area (Å²) in [4.78, 5) is 15.1. The molecule has 0 saturated heterocycles. The smallest absolute Gasteiger partial charge is 0.165 e. The zero-order valence-corrected chi connectivity index (χ0v) is 34.1. The fraction of sp³-hybridized carbons (Fsp3) is 0. The lowest BCUT2D eigenvalue weighted by Crippen LogP contribution is -2.00. The molecule has 0 spiro atoms. The van der Waals surface area contributed by atoms with E-state index in [1.165, 1.54) is 12.1 Å². The molecule has 0 unspecified atom stereocenters. The first-order valence-electron chi connectivity index (χ1n) is 23.6. The van der Waals surface area contributed by atoms with Gasteiger partial charge in [-0.25, -0.2) is 15.0 Å². The first kappa shape index (κ1) is 29.9. The van der Waals surface area contributed by atoms with Gasteiger partial charge in [-0.3, -0.25) is 0 Å². The van der Waals surface area contributed by atoms with Crippen LogP contribution in [0.5, 0.6) is 0 Å². The Kier molecular flexibility index (Phi) is 6.75. The molecule has 0 aliphatic rings. The van der Waals surface area contributed by atoms with Crippen LogP contribution < -0.4 is 0 Å². The molecule has 0 fully saturated rings. The fourth-order valence-electron chi connectivity index (χ4n) is 8.92. The van der Waals surface area contributed by atoms with Gasteiger partial charge in [-0.05, 0) is 59.6 Å². The Morgan fingerprint density at radius 3 is 1.76 bits per heavy atom. The van der Waals surface area contributed by atoms with Crippen molar-refractivity contribution in [2.45, 2.75) is 0 Å². The monoisotopic (exact) mass is 828 g/mol. The number of thiophene rings is 1. The van der Waals surface area contributed by atoms with Crippen molar-refractivity contribution in [2.24, 2.45) is 0 Å². The van der Waals surface area contributed by atoms with Gasteiger partial charge in [0, 0.05) is 69.5 Å². The van der Waals surface area contributed by atoms with Crippen LogP contribution in [0.1, 0.15) is 8.22 Å². The standard InChI is InChI=1S/C57H34N4OS/c1-3-15-35(16-4-1)55-58-56(36-17-5-2-6-18-36)60-57(59-55)45-25-14-24-44-47-34-38(30-32-52(47)63-54(44)45)37-29-31-50(61-48-26-10-7-19-39(48)40-20-8-11-27-49(40)61)46(33-37)43-23-13-22-42-41-21-9-12-28-51(41)62-53(42)43/h1-34H/i7D,8D,19D,20D,26D,27D. The zero-order valence-electron chi connectivity index (χ0n) is 39.3. The molecule has 63 heavy (non-hydrogen) atoms. The molecule has 0 N–H and O–H groups in total. The molecule has 13 rings (SSSR count). The second kappa shape index (κ2) is 14.2. The van der Waals surface area contributed by atoms with E-state index < -0.39 is 0 Å². The molecule has 0 aliphatic carbocycles. The van der Waals surface area contributed by atoms with E-state index in [1.54, 1.807) is 15.9 Å². The molecule has 0 saturated carbocycles. The predicted octanol–water partition coefficient (Wildman–Crippen LogP) is 15.6. The number of aromatic nitrogens is 4. The van der Waals surface area contributed by atoms with Crippen LogP contribution in [-0.2, 0) is 0 Å². The summed E-state index contributed by atoms with van der Waals surface area (Å²) >= 11 is 1.69. The number of furan rings is 1. The first-order chi connectivity index (χ1) is 33.7. The van der Waals surface area contributed by atoms with Crippen LogP contribution in [0.2, 0.25) is 0 Å². The lowest BCUT2D eigenvalue weighted by Gasteiger charge is -2.16. The summed E-state index contributed by atoms with van der Waals surface area (Å²) in [5, 5.41) is 4.43. The summed E-state index contributed by atoms with van der Waals surface area (Å²) in [5.41, 5.74) is 8.64. The number of benzene rings is 9. The molecule has 0 atom stereocenters. The molecule has 0 amide bonds. The lowest BCUT2D eigenvalue weighted by atomic mass is 9.95. The van der Waals surface area contributed by atoms with Gasteiger partial charge in [-0.2, -0.15) is 0 Å². The van der Waals surface area contributed by atoms with E-state index in [2.05, 4.69) is 42.5 Å². The summed E-state index contributed by atoms with van der Waals surface area (Å²) in [6.45, 7) is 0. The van der Waals surface area contributed by atoms with Gasteiger partial charge in [-0.1, -0.05) is 158 Å². The average molecular weight is 829 g/mol. The Morgan fingerprint density at radius 1 is 0.429 bits per heavy atom. The van der Waals surface area contributed by atoms with Crippen molar-refractivity contribution in [3.8, 4) is 62.1 Å². The van der Waals surface area contributed by atoms with E-state index in [1.807, 2.05) is 115 Å².